The van der Waals surface area contributed by atoms with E-state index < -0.39 is 0 Å². The minimum Gasteiger partial charge on any atom is -0.269 e. The predicted molar refractivity (Wildman–Crippen MR) is 67.3 cm³/mol. The summed E-state index contributed by atoms with van der Waals surface area (Å²) < 4.78 is 0. The average Bonchev–Trinajstić information content (AvgIpc) is 2.25. The molecule has 0 aromatic heterocycles. The number of rotatable bonds is 3. The van der Waals surface area contributed by atoms with Gasteiger partial charge in [0.2, 0.25) is 0 Å². The van der Waals surface area contributed by atoms with E-state index in [4.69, 9.17) is 0 Å². The van der Waals surface area contributed by atoms with Gasteiger partial charge in [-0.2, -0.15) is 0 Å². The van der Waals surface area contributed by atoms with E-state index in [9.17, 15) is 0 Å². The largest absolute Gasteiger partial charge is 0.269 e. The number of hydrogen-bond donors (Lipinski definition) is 0. The molecule has 78 valence electrons. The van der Waals surface area contributed by atoms with Gasteiger partial charge in [-0.05, 0) is 50.8 Å². The van der Waals surface area contributed by atoms with E-state index in [0.29, 0.717) is 0 Å². The Balaban J connectivity index is 2.87. The molecule has 0 aliphatic carbocycles. The van der Waals surface area contributed by atoms with Gasteiger partial charge in [0.1, 0.15) is 0 Å². The lowest BCUT2D eigenvalue weighted by Crippen LogP contribution is -1.82. The molecule has 0 spiro atoms. The highest BCUT2D eigenvalue weighted by Gasteiger charge is 1.91. The number of hydrogen-bond acceptors (Lipinski definition) is 2. The van der Waals surface area contributed by atoms with Crippen LogP contribution in [0.3, 0.4) is 0 Å². The Morgan fingerprint density at radius 3 is 2.67 bits per heavy atom. The van der Waals surface area contributed by atoms with Gasteiger partial charge in [0, 0.05) is 11.9 Å². The van der Waals surface area contributed by atoms with E-state index >= 15 is 0 Å². The van der Waals surface area contributed by atoms with E-state index in [1.165, 1.54) is 5.56 Å². The molecule has 0 heterocycles. The molecular formula is C13H16N2. The number of allylic oxidation sites excluding steroid dienone is 2. The summed E-state index contributed by atoms with van der Waals surface area (Å²) in [7, 11) is 0. The second kappa shape index (κ2) is 5.25. The first-order valence-electron chi connectivity index (χ1n) is 4.88. The fourth-order valence-corrected chi connectivity index (χ4v) is 1.10. The molecule has 0 radical (unpaired) electrons. The zero-order valence-corrected chi connectivity index (χ0v) is 9.49. The maximum Gasteiger partial charge on any atom is 0.0632 e. The Morgan fingerprint density at radius 2 is 2.07 bits per heavy atom. The molecule has 0 aliphatic rings. The Morgan fingerprint density at radius 1 is 1.33 bits per heavy atom. The lowest BCUT2D eigenvalue weighted by Gasteiger charge is -1.97. The molecule has 1 aromatic rings. The van der Waals surface area contributed by atoms with Crippen molar-refractivity contribution >= 4 is 18.6 Å². The van der Waals surface area contributed by atoms with Crippen molar-refractivity contribution in [1.82, 2.24) is 0 Å². The summed E-state index contributed by atoms with van der Waals surface area (Å²) in [6.07, 6.45) is 1.82. The molecule has 0 bridgehead atoms. The third-order valence-corrected chi connectivity index (χ3v) is 2.22. The SMILES string of the molecule is C=N/C(C)=C(/C)C=Nc1cccc(C)c1. The third-order valence-electron chi connectivity index (χ3n) is 2.22. The molecule has 0 amide bonds. The normalized spacial score (nSPS) is 12.7. The molecule has 0 unspecified atom stereocenters. The fourth-order valence-electron chi connectivity index (χ4n) is 1.10. The van der Waals surface area contributed by atoms with Crippen LogP contribution in [0.5, 0.6) is 0 Å². The molecule has 15 heavy (non-hydrogen) atoms. The molecule has 2 heteroatoms. The monoisotopic (exact) mass is 200 g/mol. The van der Waals surface area contributed by atoms with E-state index in [2.05, 4.69) is 29.7 Å². The van der Waals surface area contributed by atoms with Crippen LogP contribution in [0.4, 0.5) is 5.69 Å². The first-order valence-corrected chi connectivity index (χ1v) is 4.88. The van der Waals surface area contributed by atoms with Gasteiger partial charge in [-0.25, -0.2) is 0 Å². The number of aliphatic imine (C=N–C) groups is 2. The maximum absolute atomic E-state index is 4.37. The van der Waals surface area contributed by atoms with E-state index in [-0.39, 0.29) is 0 Å². The highest BCUT2D eigenvalue weighted by Crippen LogP contribution is 2.13. The molecule has 0 fully saturated rings. The summed E-state index contributed by atoms with van der Waals surface area (Å²) in [5, 5.41) is 0. The standard InChI is InChI=1S/C13H16N2/c1-10-6-5-7-13(8-10)15-9-11(2)12(3)14-4/h5-9H,4H2,1-3H3/b12-11-,15-9?. The molecule has 0 N–H and O–H groups in total. The predicted octanol–water partition coefficient (Wildman–Crippen LogP) is 3.69. The molecule has 0 saturated heterocycles. The fraction of sp³-hybridized carbons (Fsp3) is 0.231. The van der Waals surface area contributed by atoms with Gasteiger partial charge in [0.25, 0.3) is 0 Å². The number of benzene rings is 1. The van der Waals surface area contributed by atoms with Crippen molar-refractivity contribution in [1.29, 1.82) is 0 Å². The first-order chi connectivity index (χ1) is 7.13. The van der Waals surface area contributed by atoms with E-state index in [1.54, 1.807) is 0 Å². The summed E-state index contributed by atoms with van der Waals surface area (Å²) in [5.41, 5.74) is 4.12. The van der Waals surface area contributed by atoms with Crippen molar-refractivity contribution in [3.63, 3.8) is 0 Å². The van der Waals surface area contributed by atoms with Gasteiger partial charge in [0.15, 0.2) is 0 Å². The summed E-state index contributed by atoms with van der Waals surface area (Å²) in [5.74, 6) is 0. The molecule has 2 nitrogen and oxygen atoms in total. The van der Waals surface area contributed by atoms with Crippen LogP contribution in [-0.4, -0.2) is 12.9 Å². The summed E-state index contributed by atoms with van der Waals surface area (Å²) >= 11 is 0. The lowest BCUT2D eigenvalue weighted by molar-refractivity contribution is 1.27. The van der Waals surface area contributed by atoms with Gasteiger partial charge >= 0.3 is 0 Å². The van der Waals surface area contributed by atoms with E-state index in [1.807, 2.05) is 38.3 Å². The Kier molecular flexibility index (Phi) is 3.98. The smallest absolute Gasteiger partial charge is 0.0632 e. The number of nitrogens with zero attached hydrogens (tertiary/aromatic N) is 2. The summed E-state index contributed by atoms with van der Waals surface area (Å²) in [4.78, 5) is 8.22. The van der Waals surface area contributed by atoms with Gasteiger partial charge < -0.3 is 0 Å². The highest BCUT2D eigenvalue weighted by molar-refractivity contribution is 5.81. The van der Waals surface area contributed by atoms with Crippen molar-refractivity contribution < 1.29 is 0 Å². The second-order valence-corrected chi connectivity index (χ2v) is 3.52. The van der Waals surface area contributed by atoms with Gasteiger partial charge in [0.05, 0.1) is 5.69 Å². The summed E-state index contributed by atoms with van der Waals surface area (Å²) in [6, 6.07) is 8.08. The maximum atomic E-state index is 4.37. The van der Waals surface area contributed by atoms with Crippen LogP contribution in [0.1, 0.15) is 19.4 Å². The molecule has 1 rings (SSSR count). The van der Waals surface area contributed by atoms with Gasteiger partial charge in [-0.15, -0.1) is 0 Å². The van der Waals surface area contributed by atoms with Crippen LogP contribution in [0.25, 0.3) is 0 Å². The quantitative estimate of drug-likeness (QED) is 0.665. The average molecular weight is 200 g/mol. The molecule has 0 aliphatic heterocycles. The highest BCUT2D eigenvalue weighted by atomic mass is 14.7. The molecule has 0 atom stereocenters. The van der Waals surface area contributed by atoms with Crippen LogP contribution < -0.4 is 0 Å². The second-order valence-electron chi connectivity index (χ2n) is 3.52. The summed E-state index contributed by atoms with van der Waals surface area (Å²) in [6.45, 7) is 9.43. The Hall–Kier alpha value is -1.70. The number of aryl methyl sites for hydroxylation is 1. The topological polar surface area (TPSA) is 24.7 Å². The zero-order valence-electron chi connectivity index (χ0n) is 9.49. The van der Waals surface area contributed by atoms with Crippen LogP contribution in [0.2, 0.25) is 0 Å². The molecule has 1 aromatic carbocycles. The van der Waals surface area contributed by atoms with Crippen molar-refractivity contribution in [2.45, 2.75) is 20.8 Å². The first kappa shape index (κ1) is 11.4. The minimum atomic E-state index is 0.909. The van der Waals surface area contributed by atoms with Crippen molar-refractivity contribution in [3.05, 3.63) is 41.1 Å². The van der Waals surface area contributed by atoms with Crippen LogP contribution in [-0.2, 0) is 0 Å². The van der Waals surface area contributed by atoms with E-state index in [0.717, 1.165) is 17.0 Å². The Bertz CT molecular complexity index is 414. The Labute approximate surface area is 91.1 Å². The zero-order chi connectivity index (χ0) is 11.3. The van der Waals surface area contributed by atoms with Gasteiger partial charge in [-0.3, -0.25) is 9.98 Å². The minimum absolute atomic E-state index is 0.909. The van der Waals surface area contributed by atoms with Crippen molar-refractivity contribution in [3.8, 4) is 0 Å². The van der Waals surface area contributed by atoms with Crippen molar-refractivity contribution in [2.75, 3.05) is 0 Å². The van der Waals surface area contributed by atoms with Gasteiger partial charge in [-0.1, -0.05) is 12.1 Å². The van der Waals surface area contributed by atoms with Crippen LogP contribution in [0.15, 0.2) is 45.5 Å². The van der Waals surface area contributed by atoms with Crippen molar-refractivity contribution in [2.24, 2.45) is 9.98 Å². The van der Waals surface area contributed by atoms with Crippen LogP contribution >= 0.6 is 0 Å². The molecular weight excluding hydrogens is 184 g/mol. The third kappa shape index (κ3) is 3.50. The molecule has 0 saturated carbocycles. The van der Waals surface area contributed by atoms with Crippen LogP contribution in [0, 0.1) is 6.92 Å². The lowest BCUT2D eigenvalue weighted by atomic mass is 10.2.